The first-order chi connectivity index (χ1) is 20.2. The van der Waals surface area contributed by atoms with Crippen molar-refractivity contribution in [2.75, 3.05) is 37.7 Å². The smallest absolute Gasteiger partial charge is 0.253 e. The molecule has 8 heteroatoms. The van der Waals surface area contributed by atoms with Crippen LogP contribution in [-0.4, -0.2) is 82.7 Å². The van der Waals surface area contributed by atoms with Gasteiger partial charge in [0.15, 0.2) is 0 Å². The molecule has 0 saturated carbocycles. The molecule has 3 aliphatic rings. The molecule has 1 aromatic carbocycles. The molecular formula is C34H49N3O5. The van der Waals surface area contributed by atoms with E-state index >= 15 is 0 Å². The summed E-state index contributed by atoms with van der Waals surface area (Å²) < 4.78 is 7.00. The number of para-hydroxylation sites is 1. The maximum absolute atomic E-state index is 14.9. The zero-order valence-electron chi connectivity index (χ0n) is 25.9. The minimum absolute atomic E-state index is 0.0791. The van der Waals surface area contributed by atoms with Crippen LogP contribution in [0.15, 0.2) is 43.5 Å². The minimum atomic E-state index is -1.08. The highest BCUT2D eigenvalue weighted by molar-refractivity contribution is 6.05. The van der Waals surface area contributed by atoms with Crippen LogP contribution in [0.1, 0.15) is 69.9 Å². The monoisotopic (exact) mass is 579 g/mol. The molecule has 230 valence electrons. The number of benzene rings is 1. The van der Waals surface area contributed by atoms with Crippen LogP contribution in [0.4, 0.5) is 5.69 Å². The summed E-state index contributed by atoms with van der Waals surface area (Å²) in [6, 6.07) is 5.09. The molecule has 3 saturated heterocycles. The van der Waals surface area contributed by atoms with Crippen molar-refractivity contribution in [3.8, 4) is 0 Å². The van der Waals surface area contributed by atoms with E-state index in [4.69, 9.17) is 4.74 Å². The molecule has 1 spiro atoms. The Morgan fingerprint density at radius 3 is 2.36 bits per heavy atom. The average molecular weight is 580 g/mol. The fourth-order valence-corrected chi connectivity index (χ4v) is 7.90. The van der Waals surface area contributed by atoms with Gasteiger partial charge < -0.3 is 24.5 Å². The number of anilines is 1. The van der Waals surface area contributed by atoms with Crippen molar-refractivity contribution in [3.63, 3.8) is 0 Å². The number of ether oxygens (including phenoxy) is 1. The maximum Gasteiger partial charge on any atom is 0.253 e. The zero-order chi connectivity index (χ0) is 30.7. The number of nitrogens with zero attached hydrogens (tertiary/aromatic N) is 3. The maximum atomic E-state index is 14.9. The number of unbranched alkanes of at least 4 members (excludes halogenated alkanes) is 2. The van der Waals surface area contributed by atoms with Crippen molar-refractivity contribution in [1.82, 2.24) is 9.80 Å². The third-order valence-corrected chi connectivity index (χ3v) is 9.68. The fraction of sp³-hybridized carbons (Fsp3) is 0.618. The molecular weight excluding hydrogens is 530 g/mol. The number of rotatable bonds is 15. The molecule has 42 heavy (non-hydrogen) atoms. The molecule has 0 aromatic heterocycles. The molecule has 5 atom stereocenters. The van der Waals surface area contributed by atoms with E-state index in [1.165, 1.54) is 0 Å². The molecule has 1 N–H and O–H groups in total. The van der Waals surface area contributed by atoms with Gasteiger partial charge in [0, 0.05) is 38.5 Å². The van der Waals surface area contributed by atoms with Crippen molar-refractivity contribution in [1.29, 1.82) is 0 Å². The number of likely N-dealkylation sites (tertiary alicyclic amines) is 1. The van der Waals surface area contributed by atoms with E-state index in [9.17, 15) is 19.5 Å². The molecule has 1 aromatic rings. The number of amides is 3. The highest BCUT2D eigenvalue weighted by Gasteiger charge is 2.79. The summed E-state index contributed by atoms with van der Waals surface area (Å²) in [4.78, 5) is 48.9. The Labute approximate surface area is 251 Å². The normalized spacial score (nSPS) is 27.7. The summed E-state index contributed by atoms with van der Waals surface area (Å²) in [5.74, 6) is -1.81. The molecule has 3 fully saturated rings. The average Bonchev–Trinajstić information content (AvgIpc) is 3.57. The minimum Gasteiger partial charge on any atom is -0.396 e. The lowest BCUT2D eigenvalue weighted by atomic mass is 9.64. The van der Waals surface area contributed by atoms with Crippen molar-refractivity contribution < 1.29 is 24.2 Å². The topological polar surface area (TPSA) is 90.4 Å². The molecule has 0 radical (unpaired) electrons. The molecule has 3 amide bonds. The molecule has 3 aliphatic heterocycles. The van der Waals surface area contributed by atoms with E-state index in [0.29, 0.717) is 58.3 Å². The van der Waals surface area contributed by atoms with Gasteiger partial charge in [-0.05, 0) is 69.9 Å². The number of hydrogen-bond donors (Lipinski definition) is 1. The Morgan fingerprint density at radius 1 is 1.07 bits per heavy atom. The summed E-state index contributed by atoms with van der Waals surface area (Å²) in [5.41, 5.74) is 0.887. The van der Waals surface area contributed by atoms with Gasteiger partial charge in [-0.25, -0.2) is 0 Å². The Hall–Kier alpha value is -2.97. The van der Waals surface area contributed by atoms with Gasteiger partial charge in [-0.3, -0.25) is 14.4 Å². The van der Waals surface area contributed by atoms with E-state index in [-0.39, 0.29) is 24.3 Å². The molecule has 0 aliphatic carbocycles. The van der Waals surface area contributed by atoms with Crippen molar-refractivity contribution in [3.05, 3.63) is 54.6 Å². The quantitative estimate of drug-likeness (QED) is 0.243. The fourth-order valence-electron chi connectivity index (χ4n) is 7.90. The van der Waals surface area contributed by atoms with Gasteiger partial charge >= 0.3 is 0 Å². The summed E-state index contributed by atoms with van der Waals surface area (Å²) in [5, 5.41) is 9.35. The molecule has 2 unspecified atom stereocenters. The number of aliphatic hydroxyl groups excluding tert-OH is 1. The van der Waals surface area contributed by atoms with Gasteiger partial charge in [0.05, 0.1) is 17.4 Å². The SMILES string of the molecule is C=CCN(CCC)C(=O)[C@@H]1[C@H]2C(=O)N(CCCCCO)C(C(=O)N(CC=C)c3c(C)cccc3C)C23CC[C@@]1(CC)O3. The number of carbonyl (C=O) groups excluding carboxylic acids is 3. The van der Waals surface area contributed by atoms with Crippen molar-refractivity contribution in [2.24, 2.45) is 11.8 Å². The lowest BCUT2D eigenvalue weighted by molar-refractivity contribution is -0.151. The van der Waals surface area contributed by atoms with Crippen LogP contribution in [0, 0.1) is 25.7 Å². The van der Waals surface area contributed by atoms with Crippen LogP contribution in [0.2, 0.25) is 0 Å². The van der Waals surface area contributed by atoms with Gasteiger partial charge in [-0.15, -0.1) is 13.2 Å². The van der Waals surface area contributed by atoms with Gasteiger partial charge in [-0.2, -0.15) is 0 Å². The number of hydrogen-bond acceptors (Lipinski definition) is 5. The first kappa shape index (κ1) is 32.0. The molecule has 2 bridgehead atoms. The van der Waals surface area contributed by atoms with Crippen LogP contribution < -0.4 is 4.90 Å². The third kappa shape index (κ3) is 5.21. The second kappa shape index (κ2) is 13.1. The van der Waals surface area contributed by atoms with Crippen LogP contribution in [0.5, 0.6) is 0 Å². The number of fused-ring (bicyclic) bond motifs is 1. The Kier molecular flexibility index (Phi) is 9.99. The van der Waals surface area contributed by atoms with E-state index < -0.39 is 29.1 Å². The number of carbonyl (C=O) groups is 3. The summed E-state index contributed by atoms with van der Waals surface area (Å²) in [7, 11) is 0. The van der Waals surface area contributed by atoms with Crippen molar-refractivity contribution in [2.45, 2.75) is 89.9 Å². The van der Waals surface area contributed by atoms with Crippen LogP contribution in [0.3, 0.4) is 0 Å². The predicted octanol–water partition coefficient (Wildman–Crippen LogP) is 4.56. The largest absolute Gasteiger partial charge is 0.396 e. The van der Waals surface area contributed by atoms with E-state index in [1.807, 2.05) is 45.9 Å². The highest BCUT2D eigenvalue weighted by Crippen LogP contribution is 2.64. The first-order valence-corrected chi connectivity index (χ1v) is 15.7. The van der Waals surface area contributed by atoms with Crippen LogP contribution in [0.25, 0.3) is 0 Å². The second-order valence-electron chi connectivity index (χ2n) is 12.2. The van der Waals surface area contributed by atoms with Crippen LogP contribution >= 0.6 is 0 Å². The lowest BCUT2D eigenvalue weighted by Gasteiger charge is -2.37. The molecule has 8 nitrogen and oxygen atoms in total. The van der Waals surface area contributed by atoms with Gasteiger partial charge in [0.25, 0.3) is 5.91 Å². The van der Waals surface area contributed by atoms with E-state index in [2.05, 4.69) is 13.2 Å². The number of aryl methyl sites for hydroxylation is 2. The summed E-state index contributed by atoms with van der Waals surface area (Å²) in [6.45, 7) is 17.5. The Bertz CT molecular complexity index is 1180. The van der Waals surface area contributed by atoms with Crippen LogP contribution in [-0.2, 0) is 19.1 Å². The molecule has 3 heterocycles. The summed E-state index contributed by atoms with van der Waals surface area (Å²) >= 11 is 0. The zero-order valence-corrected chi connectivity index (χ0v) is 25.9. The third-order valence-electron chi connectivity index (χ3n) is 9.68. The van der Waals surface area contributed by atoms with Crippen molar-refractivity contribution >= 4 is 23.4 Å². The van der Waals surface area contributed by atoms with E-state index in [0.717, 1.165) is 29.7 Å². The Balaban J connectivity index is 1.83. The second-order valence-corrected chi connectivity index (χ2v) is 12.2. The van der Waals surface area contributed by atoms with Gasteiger partial charge in [-0.1, -0.05) is 44.2 Å². The Morgan fingerprint density at radius 2 is 1.76 bits per heavy atom. The van der Waals surface area contributed by atoms with Gasteiger partial charge in [0.1, 0.15) is 11.6 Å². The lowest BCUT2D eigenvalue weighted by Crippen LogP contribution is -2.57. The van der Waals surface area contributed by atoms with Gasteiger partial charge in [0.2, 0.25) is 11.8 Å². The van der Waals surface area contributed by atoms with E-state index in [1.54, 1.807) is 26.9 Å². The number of aliphatic hydroxyl groups is 1. The predicted molar refractivity (Wildman–Crippen MR) is 165 cm³/mol. The summed E-state index contributed by atoms with van der Waals surface area (Å²) in [6.07, 6.45) is 8.02. The highest BCUT2D eigenvalue weighted by atomic mass is 16.5. The first-order valence-electron chi connectivity index (χ1n) is 15.7. The molecule has 4 rings (SSSR count). The standard InChI is InChI=1S/C34H49N3O5/c1-7-19-35(20-8-2)30(39)26-27-31(40)37(22-12-11-13-23-38)29(34(27)18-17-33(26,10-4)42-34)32(41)36(21-9-3)28-24(5)15-14-16-25(28)6/h7,9,14-16,26-27,29,38H,1,3,8,10-13,17-23H2,2,4-6H3/t26-,27-,29?,33+,34?/m0/s1.